The molecule has 0 fully saturated rings. The molecule has 1 aromatic carbocycles. The summed E-state index contributed by atoms with van der Waals surface area (Å²) in [5.41, 5.74) is 0.00445. The van der Waals surface area contributed by atoms with Crippen molar-refractivity contribution in [3.05, 3.63) is 45.1 Å². The summed E-state index contributed by atoms with van der Waals surface area (Å²) in [6.45, 7) is -0.574. The molecule has 96 valence electrons. The molecule has 0 amide bonds. The van der Waals surface area contributed by atoms with Crippen molar-refractivity contribution in [2.75, 3.05) is 0 Å². The third kappa shape index (κ3) is 2.41. The number of hydrogen-bond donors (Lipinski definition) is 1. The van der Waals surface area contributed by atoms with E-state index >= 15 is 0 Å². The molecule has 0 aliphatic carbocycles. The van der Waals surface area contributed by atoms with Gasteiger partial charge in [-0.3, -0.25) is 0 Å². The summed E-state index contributed by atoms with van der Waals surface area (Å²) in [6.07, 6.45) is -2.78. The second kappa shape index (κ2) is 5.34. The van der Waals surface area contributed by atoms with Gasteiger partial charge in [-0.1, -0.05) is 27.5 Å². The van der Waals surface area contributed by atoms with Crippen molar-refractivity contribution in [1.82, 2.24) is 9.78 Å². The molecule has 3 nitrogen and oxygen atoms in total. The van der Waals surface area contributed by atoms with Gasteiger partial charge in [0.15, 0.2) is 0 Å². The minimum absolute atomic E-state index is 0.00452. The van der Waals surface area contributed by atoms with E-state index in [1.165, 1.54) is 4.68 Å². The van der Waals surface area contributed by atoms with Crippen molar-refractivity contribution in [2.45, 2.75) is 13.0 Å². The van der Waals surface area contributed by atoms with Crippen LogP contribution in [0.25, 0.3) is 5.69 Å². The predicted molar refractivity (Wildman–Crippen MR) is 67.2 cm³/mol. The molecule has 0 saturated heterocycles. The quantitative estimate of drug-likeness (QED) is 0.927. The Morgan fingerprint density at radius 2 is 1.94 bits per heavy atom. The van der Waals surface area contributed by atoms with Gasteiger partial charge in [0, 0.05) is 10.0 Å². The molecule has 0 aliphatic heterocycles. The Hall–Kier alpha value is -0.980. The maximum absolute atomic E-state index is 12.7. The molecule has 2 aromatic rings. The SMILES string of the molecule is OCc1c(C(F)F)nn(-c2ccc(Br)cc2)c1Cl. The number of aliphatic hydroxyl groups is 1. The van der Waals surface area contributed by atoms with Gasteiger partial charge < -0.3 is 5.11 Å². The summed E-state index contributed by atoms with van der Waals surface area (Å²) in [5.74, 6) is 0. The van der Waals surface area contributed by atoms with E-state index in [1.54, 1.807) is 24.3 Å². The smallest absolute Gasteiger partial charge is 0.282 e. The average Bonchev–Trinajstić information content (AvgIpc) is 2.67. The number of aromatic nitrogens is 2. The van der Waals surface area contributed by atoms with E-state index in [2.05, 4.69) is 21.0 Å². The van der Waals surface area contributed by atoms with Crippen LogP contribution in [0, 0.1) is 0 Å². The Bertz CT molecular complexity index is 557. The Labute approximate surface area is 115 Å². The number of benzene rings is 1. The summed E-state index contributed by atoms with van der Waals surface area (Å²) < 4.78 is 27.5. The lowest BCUT2D eigenvalue weighted by Gasteiger charge is -2.03. The van der Waals surface area contributed by atoms with Gasteiger partial charge >= 0.3 is 0 Å². The van der Waals surface area contributed by atoms with Gasteiger partial charge in [0.1, 0.15) is 10.8 Å². The second-order valence-corrected chi connectivity index (χ2v) is 4.78. The Kier molecular flexibility index (Phi) is 3.99. The fraction of sp³-hybridized carbons (Fsp3) is 0.182. The summed E-state index contributed by atoms with van der Waals surface area (Å²) in [7, 11) is 0. The number of halogens is 4. The van der Waals surface area contributed by atoms with E-state index in [0.29, 0.717) is 5.69 Å². The summed E-state index contributed by atoms with van der Waals surface area (Å²) in [6, 6.07) is 6.85. The lowest BCUT2D eigenvalue weighted by atomic mass is 10.2. The summed E-state index contributed by atoms with van der Waals surface area (Å²) in [4.78, 5) is 0. The van der Waals surface area contributed by atoms with E-state index in [1.807, 2.05) is 0 Å². The fourth-order valence-corrected chi connectivity index (χ4v) is 2.08. The number of nitrogens with zero attached hydrogens (tertiary/aromatic N) is 2. The monoisotopic (exact) mass is 336 g/mol. The predicted octanol–water partition coefficient (Wildman–Crippen LogP) is 3.72. The van der Waals surface area contributed by atoms with Gasteiger partial charge in [-0.25, -0.2) is 13.5 Å². The molecule has 18 heavy (non-hydrogen) atoms. The molecule has 7 heteroatoms. The molecular formula is C11H8BrClF2N2O. The molecule has 0 saturated carbocycles. The van der Waals surface area contributed by atoms with E-state index in [-0.39, 0.29) is 10.7 Å². The van der Waals surface area contributed by atoms with Gasteiger partial charge in [0.2, 0.25) is 0 Å². The normalized spacial score (nSPS) is 11.2. The largest absolute Gasteiger partial charge is 0.391 e. The van der Waals surface area contributed by atoms with Crippen LogP contribution in [0.3, 0.4) is 0 Å². The Morgan fingerprint density at radius 1 is 1.33 bits per heavy atom. The standard InChI is InChI=1S/C11H8BrClF2N2O/c12-6-1-3-7(4-2-6)17-10(13)8(5-18)9(16-17)11(14)15/h1-4,11,18H,5H2. The molecule has 0 aliphatic rings. The second-order valence-electron chi connectivity index (χ2n) is 3.50. The first kappa shape index (κ1) is 13.5. The van der Waals surface area contributed by atoms with Crippen LogP contribution in [0.5, 0.6) is 0 Å². The molecule has 0 bridgehead atoms. The van der Waals surface area contributed by atoms with Gasteiger partial charge in [0.05, 0.1) is 12.3 Å². The summed E-state index contributed by atoms with van der Waals surface area (Å²) in [5, 5.41) is 12.8. The third-order valence-electron chi connectivity index (χ3n) is 2.39. The molecular weight excluding hydrogens is 329 g/mol. The Balaban J connectivity index is 2.55. The van der Waals surface area contributed by atoms with Gasteiger partial charge in [-0.2, -0.15) is 5.10 Å². The zero-order valence-corrected chi connectivity index (χ0v) is 11.3. The number of hydrogen-bond acceptors (Lipinski definition) is 2. The van der Waals surface area contributed by atoms with Crippen molar-refractivity contribution in [2.24, 2.45) is 0 Å². The first-order valence-corrected chi connectivity index (χ1v) is 6.14. The van der Waals surface area contributed by atoms with Crippen LogP contribution in [0.15, 0.2) is 28.7 Å². The highest BCUT2D eigenvalue weighted by Crippen LogP contribution is 2.30. The first-order chi connectivity index (χ1) is 8.54. The van der Waals surface area contributed by atoms with Gasteiger partial charge in [-0.15, -0.1) is 0 Å². The molecule has 1 N–H and O–H groups in total. The maximum Gasteiger partial charge on any atom is 0.282 e. The highest BCUT2D eigenvalue weighted by molar-refractivity contribution is 9.10. The van der Waals surface area contributed by atoms with Gasteiger partial charge in [-0.05, 0) is 24.3 Å². The van der Waals surface area contributed by atoms with E-state index in [0.717, 1.165) is 4.47 Å². The van der Waals surface area contributed by atoms with Crippen molar-refractivity contribution < 1.29 is 13.9 Å². The third-order valence-corrected chi connectivity index (χ3v) is 3.30. The van der Waals surface area contributed by atoms with Crippen LogP contribution < -0.4 is 0 Å². The zero-order chi connectivity index (χ0) is 13.3. The number of rotatable bonds is 3. The molecule has 1 aromatic heterocycles. The number of alkyl halides is 2. The summed E-state index contributed by atoms with van der Waals surface area (Å²) >= 11 is 9.21. The molecule has 2 rings (SSSR count). The van der Waals surface area contributed by atoms with Crippen molar-refractivity contribution in [3.8, 4) is 5.69 Å². The minimum atomic E-state index is -2.78. The molecule has 0 radical (unpaired) electrons. The molecule has 0 atom stereocenters. The lowest BCUT2D eigenvalue weighted by molar-refractivity contribution is 0.141. The van der Waals surface area contributed by atoms with E-state index in [9.17, 15) is 8.78 Å². The van der Waals surface area contributed by atoms with Gasteiger partial charge in [0.25, 0.3) is 6.43 Å². The topological polar surface area (TPSA) is 38.1 Å². The van der Waals surface area contributed by atoms with Crippen LogP contribution >= 0.6 is 27.5 Å². The van der Waals surface area contributed by atoms with Crippen LogP contribution in [0.1, 0.15) is 17.7 Å². The fourth-order valence-electron chi connectivity index (χ4n) is 1.52. The Morgan fingerprint density at radius 3 is 2.39 bits per heavy atom. The lowest BCUT2D eigenvalue weighted by Crippen LogP contribution is -1.97. The van der Waals surface area contributed by atoms with Crippen LogP contribution in [-0.4, -0.2) is 14.9 Å². The minimum Gasteiger partial charge on any atom is -0.391 e. The highest BCUT2D eigenvalue weighted by atomic mass is 79.9. The van der Waals surface area contributed by atoms with E-state index in [4.69, 9.17) is 16.7 Å². The average molecular weight is 338 g/mol. The maximum atomic E-state index is 12.7. The highest BCUT2D eigenvalue weighted by Gasteiger charge is 2.23. The molecule has 0 spiro atoms. The molecule has 1 heterocycles. The van der Waals surface area contributed by atoms with Crippen LogP contribution in [0.2, 0.25) is 5.15 Å². The molecule has 0 unspecified atom stereocenters. The van der Waals surface area contributed by atoms with Crippen molar-refractivity contribution >= 4 is 27.5 Å². The first-order valence-electron chi connectivity index (χ1n) is 4.97. The van der Waals surface area contributed by atoms with Crippen molar-refractivity contribution in [3.63, 3.8) is 0 Å². The van der Waals surface area contributed by atoms with Crippen LogP contribution in [0.4, 0.5) is 8.78 Å². The zero-order valence-electron chi connectivity index (χ0n) is 8.95. The number of aliphatic hydroxyl groups excluding tert-OH is 1. The van der Waals surface area contributed by atoms with E-state index < -0.39 is 18.7 Å². The van der Waals surface area contributed by atoms with Crippen molar-refractivity contribution in [1.29, 1.82) is 0 Å². The van der Waals surface area contributed by atoms with Crippen LogP contribution in [-0.2, 0) is 6.61 Å².